The molecule has 3 heteroatoms. The van der Waals surface area contributed by atoms with Crippen molar-refractivity contribution in [3.63, 3.8) is 0 Å². The molecule has 0 aliphatic carbocycles. The molecule has 0 aromatic carbocycles. The Hall–Kier alpha value is -1.24. The van der Waals surface area contributed by atoms with Crippen LogP contribution >= 0.6 is 0 Å². The van der Waals surface area contributed by atoms with Gasteiger partial charge in [-0.25, -0.2) is 0 Å². The lowest BCUT2D eigenvalue weighted by Crippen LogP contribution is -2.24. The molecule has 0 radical (unpaired) electrons. The van der Waals surface area contributed by atoms with Crippen molar-refractivity contribution < 1.29 is 4.42 Å². The summed E-state index contributed by atoms with van der Waals surface area (Å²) < 4.78 is 5.27. The molecule has 15 heavy (non-hydrogen) atoms. The number of nitrogens with zero attached hydrogens (tertiary/aromatic N) is 1. The van der Waals surface area contributed by atoms with Crippen molar-refractivity contribution in [2.75, 3.05) is 13.1 Å². The SMILES string of the molecule is C#CCN(CCC)Cc1ccoc1CN. The van der Waals surface area contributed by atoms with E-state index in [0.29, 0.717) is 13.1 Å². The van der Waals surface area contributed by atoms with E-state index in [2.05, 4.69) is 17.7 Å². The first-order valence-electron chi connectivity index (χ1n) is 5.23. The van der Waals surface area contributed by atoms with Crippen LogP contribution in [0.5, 0.6) is 0 Å². The Bertz CT molecular complexity index is 325. The largest absolute Gasteiger partial charge is 0.468 e. The second-order valence-corrected chi connectivity index (χ2v) is 3.49. The molecule has 1 aromatic heterocycles. The molecule has 3 nitrogen and oxygen atoms in total. The summed E-state index contributed by atoms with van der Waals surface area (Å²) in [5.74, 6) is 3.52. The molecule has 82 valence electrons. The maximum Gasteiger partial charge on any atom is 0.121 e. The molecule has 1 heterocycles. The van der Waals surface area contributed by atoms with Crippen molar-refractivity contribution >= 4 is 0 Å². The zero-order valence-electron chi connectivity index (χ0n) is 9.20. The van der Waals surface area contributed by atoms with Crippen molar-refractivity contribution in [3.05, 3.63) is 23.7 Å². The van der Waals surface area contributed by atoms with Crippen LogP contribution in [0.1, 0.15) is 24.7 Å². The van der Waals surface area contributed by atoms with E-state index >= 15 is 0 Å². The van der Waals surface area contributed by atoms with Crippen LogP contribution in [0.25, 0.3) is 0 Å². The molecule has 2 N–H and O–H groups in total. The van der Waals surface area contributed by atoms with E-state index < -0.39 is 0 Å². The highest BCUT2D eigenvalue weighted by atomic mass is 16.3. The Kier molecular flexibility index (Phi) is 4.96. The molecule has 0 saturated carbocycles. The molecule has 0 aliphatic rings. The van der Waals surface area contributed by atoms with Crippen LogP contribution in [0.4, 0.5) is 0 Å². The lowest BCUT2D eigenvalue weighted by Gasteiger charge is -2.18. The van der Waals surface area contributed by atoms with Crippen LogP contribution in [0, 0.1) is 12.3 Å². The van der Waals surface area contributed by atoms with E-state index in [9.17, 15) is 0 Å². The lowest BCUT2D eigenvalue weighted by atomic mass is 10.2. The minimum absolute atomic E-state index is 0.443. The number of terminal acetylenes is 1. The first-order valence-corrected chi connectivity index (χ1v) is 5.23. The summed E-state index contributed by atoms with van der Waals surface area (Å²) in [6.07, 6.45) is 8.09. The van der Waals surface area contributed by atoms with Gasteiger partial charge in [0.1, 0.15) is 5.76 Å². The molecular formula is C12H18N2O. The van der Waals surface area contributed by atoms with Gasteiger partial charge in [0.05, 0.1) is 19.4 Å². The number of hydrogen-bond acceptors (Lipinski definition) is 3. The Morgan fingerprint density at radius 1 is 1.60 bits per heavy atom. The summed E-state index contributed by atoms with van der Waals surface area (Å²) in [6.45, 7) is 5.07. The quantitative estimate of drug-likeness (QED) is 0.719. The summed E-state index contributed by atoms with van der Waals surface area (Å²) in [7, 11) is 0. The summed E-state index contributed by atoms with van der Waals surface area (Å²) >= 11 is 0. The highest BCUT2D eigenvalue weighted by Gasteiger charge is 2.09. The standard InChI is InChI=1S/C12H18N2O/c1-3-6-14(7-4-2)10-11-5-8-15-12(11)9-13/h1,5,8H,4,6-7,9-10,13H2,2H3. The summed E-state index contributed by atoms with van der Waals surface area (Å²) in [5.41, 5.74) is 6.71. The average Bonchev–Trinajstić information content (AvgIpc) is 2.66. The maximum absolute atomic E-state index is 5.57. The zero-order chi connectivity index (χ0) is 11.1. The van der Waals surface area contributed by atoms with Gasteiger partial charge in [-0.2, -0.15) is 0 Å². The molecule has 0 spiro atoms. The lowest BCUT2D eigenvalue weighted by molar-refractivity contribution is 0.297. The smallest absolute Gasteiger partial charge is 0.121 e. The molecule has 0 unspecified atom stereocenters. The highest BCUT2D eigenvalue weighted by Crippen LogP contribution is 2.12. The molecule has 0 fully saturated rings. The van der Waals surface area contributed by atoms with E-state index in [1.165, 1.54) is 0 Å². The zero-order valence-corrected chi connectivity index (χ0v) is 9.20. The number of furan rings is 1. The first-order chi connectivity index (χ1) is 7.31. The van der Waals surface area contributed by atoms with Crippen molar-refractivity contribution in [3.8, 4) is 12.3 Å². The summed E-state index contributed by atoms with van der Waals surface area (Å²) in [5, 5.41) is 0. The molecule has 1 rings (SSSR count). The van der Waals surface area contributed by atoms with E-state index in [0.717, 1.165) is 30.8 Å². The topological polar surface area (TPSA) is 42.4 Å². The number of hydrogen-bond donors (Lipinski definition) is 1. The van der Waals surface area contributed by atoms with Gasteiger partial charge in [-0.3, -0.25) is 4.90 Å². The van der Waals surface area contributed by atoms with Gasteiger partial charge in [-0.1, -0.05) is 12.8 Å². The predicted octanol–water partition coefficient (Wildman–Crippen LogP) is 1.58. The third-order valence-corrected chi connectivity index (χ3v) is 2.27. The molecular weight excluding hydrogens is 188 g/mol. The van der Waals surface area contributed by atoms with Gasteiger partial charge in [-0.15, -0.1) is 6.42 Å². The van der Waals surface area contributed by atoms with E-state index in [1.807, 2.05) is 6.07 Å². The predicted molar refractivity (Wildman–Crippen MR) is 61.0 cm³/mol. The van der Waals surface area contributed by atoms with Crippen molar-refractivity contribution in [1.82, 2.24) is 4.90 Å². The van der Waals surface area contributed by atoms with Crippen LogP contribution in [0.2, 0.25) is 0 Å². The second-order valence-electron chi connectivity index (χ2n) is 3.49. The van der Waals surface area contributed by atoms with Crippen LogP contribution in [-0.2, 0) is 13.1 Å². The van der Waals surface area contributed by atoms with Gasteiger partial charge in [0.15, 0.2) is 0 Å². The van der Waals surface area contributed by atoms with Gasteiger partial charge in [0, 0.05) is 12.1 Å². The molecule has 0 aliphatic heterocycles. The van der Waals surface area contributed by atoms with Crippen molar-refractivity contribution in [2.45, 2.75) is 26.4 Å². The van der Waals surface area contributed by atoms with E-state index in [1.54, 1.807) is 6.26 Å². The Balaban J connectivity index is 2.61. The van der Waals surface area contributed by atoms with Crippen molar-refractivity contribution in [2.24, 2.45) is 5.73 Å². The monoisotopic (exact) mass is 206 g/mol. The van der Waals surface area contributed by atoms with Gasteiger partial charge >= 0.3 is 0 Å². The fraction of sp³-hybridized carbons (Fsp3) is 0.500. The number of nitrogens with two attached hydrogens (primary N) is 1. The van der Waals surface area contributed by atoms with Crippen LogP contribution in [-0.4, -0.2) is 18.0 Å². The minimum atomic E-state index is 0.443. The highest BCUT2D eigenvalue weighted by molar-refractivity contribution is 5.16. The third-order valence-electron chi connectivity index (χ3n) is 2.27. The summed E-state index contributed by atoms with van der Waals surface area (Å²) in [6, 6.07) is 1.96. The fourth-order valence-electron chi connectivity index (χ4n) is 1.59. The van der Waals surface area contributed by atoms with Gasteiger partial charge < -0.3 is 10.2 Å². The Labute approximate surface area is 91.2 Å². The van der Waals surface area contributed by atoms with Gasteiger partial charge in [0.2, 0.25) is 0 Å². The van der Waals surface area contributed by atoms with Crippen molar-refractivity contribution in [1.29, 1.82) is 0 Å². The first kappa shape index (κ1) is 11.8. The van der Waals surface area contributed by atoms with Crippen LogP contribution in [0.3, 0.4) is 0 Å². The normalized spacial score (nSPS) is 10.5. The Morgan fingerprint density at radius 2 is 2.40 bits per heavy atom. The van der Waals surface area contributed by atoms with Gasteiger partial charge in [-0.05, 0) is 19.0 Å². The van der Waals surface area contributed by atoms with E-state index in [4.69, 9.17) is 16.6 Å². The maximum atomic E-state index is 5.57. The second kappa shape index (κ2) is 6.28. The third kappa shape index (κ3) is 3.43. The van der Waals surface area contributed by atoms with Crippen LogP contribution < -0.4 is 5.73 Å². The fourth-order valence-corrected chi connectivity index (χ4v) is 1.59. The molecule has 0 bridgehead atoms. The average molecular weight is 206 g/mol. The number of rotatable bonds is 6. The molecule has 0 amide bonds. The molecule has 0 saturated heterocycles. The van der Waals surface area contributed by atoms with E-state index in [-0.39, 0.29) is 0 Å². The Morgan fingerprint density at radius 3 is 3.00 bits per heavy atom. The minimum Gasteiger partial charge on any atom is -0.468 e. The van der Waals surface area contributed by atoms with Gasteiger partial charge in [0.25, 0.3) is 0 Å². The van der Waals surface area contributed by atoms with Crippen LogP contribution in [0.15, 0.2) is 16.7 Å². The molecule has 0 atom stereocenters. The summed E-state index contributed by atoms with van der Waals surface area (Å²) in [4.78, 5) is 2.21. The molecule has 1 aromatic rings.